The summed E-state index contributed by atoms with van der Waals surface area (Å²) < 4.78 is 28.1. The predicted molar refractivity (Wildman–Crippen MR) is 53.3 cm³/mol. The van der Waals surface area contributed by atoms with Crippen LogP contribution in [-0.2, 0) is 9.53 Å². The first-order chi connectivity index (χ1) is 7.65. The Morgan fingerprint density at radius 1 is 1.50 bits per heavy atom. The van der Waals surface area contributed by atoms with E-state index in [1.54, 1.807) is 4.90 Å². The highest BCUT2D eigenvalue weighted by Crippen LogP contribution is 2.26. The second kappa shape index (κ2) is 6.75. The molecule has 94 valence electrons. The summed E-state index contributed by atoms with van der Waals surface area (Å²) in [5.74, 6) is -0.134. The van der Waals surface area contributed by atoms with Crippen LogP contribution in [0.2, 0.25) is 0 Å². The predicted octanol–water partition coefficient (Wildman–Crippen LogP) is 0.641. The topological polar surface area (TPSA) is 49.8 Å². The molecule has 0 radical (unpaired) electrons. The molecule has 1 aliphatic carbocycles. The molecule has 0 heterocycles. The van der Waals surface area contributed by atoms with Gasteiger partial charge >= 0.3 is 0 Å². The number of aliphatic hydroxyl groups excluding tert-OH is 1. The maximum absolute atomic E-state index is 11.7. The van der Waals surface area contributed by atoms with E-state index in [4.69, 9.17) is 5.11 Å². The summed E-state index contributed by atoms with van der Waals surface area (Å²) in [6, 6.07) is 0.231. The SMILES string of the molecule is O=C(CCOCC(F)F)N(CCO)C1CC1. The molecule has 0 aromatic rings. The van der Waals surface area contributed by atoms with Crippen molar-refractivity contribution in [2.24, 2.45) is 0 Å². The molecular weight excluding hydrogens is 220 g/mol. The lowest BCUT2D eigenvalue weighted by Crippen LogP contribution is -2.36. The van der Waals surface area contributed by atoms with Crippen molar-refractivity contribution in [1.29, 1.82) is 0 Å². The van der Waals surface area contributed by atoms with Gasteiger partial charge in [-0.05, 0) is 12.8 Å². The van der Waals surface area contributed by atoms with Gasteiger partial charge in [0, 0.05) is 12.6 Å². The third-order valence-electron chi connectivity index (χ3n) is 2.35. The first-order valence-corrected chi connectivity index (χ1v) is 5.41. The Labute approximate surface area is 93.2 Å². The van der Waals surface area contributed by atoms with Crippen molar-refractivity contribution in [3.05, 3.63) is 0 Å². The molecule has 16 heavy (non-hydrogen) atoms. The first kappa shape index (κ1) is 13.3. The Bertz CT molecular complexity index is 222. The quantitative estimate of drug-likeness (QED) is 0.630. The van der Waals surface area contributed by atoms with E-state index in [0.29, 0.717) is 6.54 Å². The van der Waals surface area contributed by atoms with E-state index in [1.807, 2.05) is 0 Å². The lowest BCUT2D eigenvalue weighted by atomic mass is 10.3. The van der Waals surface area contributed by atoms with Crippen LogP contribution in [0.3, 0.4) is 0 Å². The fraction of sp³-hybridized carbons (Fsp3) is 0.900. The van der Waals surface area contributed by atoms with E-state index in [2.05, 4.69) is 4.74 Å². The van der Waals surface area contributed by atoms with E-state index in [0.717, 1.165) is 12.8 Å². The fourth-order valence-electron chi connectivity index (χ4n) is 1.48. The van der Waals surface area contributed by atoms with Crippen molar-refractivity contribution in [1.82, 2.24) is 4.90 Å². The largest absolute Gasteiger partial charge is 0.395 e. The molecule has 1 amide bonds. The molecule has 0 aromatic carbocycles. The molecule has 0 bridgehead atoms. The van der Waals surface area contributed by atoms with Gasteiger partial charge in [0.1, 0.15) is 6.61 Å². The number of nitrogens with zero attached hydrogens (tertiary/aromatic N) is 1. The molecule has 0 spiro atoms. The van der Waals surface area contributed by atoms with Gasteiger partial charge in [0.15, 0.2) is 0 Å². The van der Waals surface area contributed by atoms with Gasteiger partial charge in [-0.1, -0.05) is 0 Å². The second-order valence-electron chi connectivity index (χ2n) is 3.76. The molecule has 0 aliphatic heterocycles. The van der Waals surface area contributed by atoms with Gasteiger partial charge in [0.05, 0.1) is 19.6 Å². The number of aliphatic hydroxyl groups is 1. The summed E-state index contributed by atoms with van der Waals surface area (Å²) in [5.41, 5.74) is 0. The number of carbonyl (C=O) groups is 1. The maximum Gasteiger partial charge on any atom is 0.261 e. The number of halogens is 2. The van der Waals surface area contributed by atoms with Crippen molar-refractivity contribution in [2.45, 2.75) is 31.7 Å². The van der Waals surface area contributed by atoms with Crippen LogP contribution in [-0.4, -0.2) is 54.7 Å². The van der Waals surface area contributed by atoms with E-state index in [9.17, 15) is 13.6 Å². The van der Waals surface area contributed by atoms with Crippen LogP contribution in [0.1, 0.15) is 19.3 Å². The average molecular weight is 237 g/mol. The van der Waals surface area contributed by atoms with E-state index in [1.165, 1.54) is 0 Å². The molecule has 1 N–H and O–H groups in total. The Balaban J connectivity index is 2.16. The van der Waals surface area contributed by atoms with Crippen molar-refractivity contribution in [3.8, 4) is 0 Å². The Kier molecular flexibility index (Phi) is 5.62. The Morgan fingerprint density at radius 3 is 2.69 bits per heavy atom. The zero-order chi connectivity index (χ0) is 12.0. The molecule has 1 fully saturated rings. The van der Waals surface area contributed by atoms with Crippen molar-refractivity contribution >= 4 is 5.91 Å². The van der Waals surface area contributed by atoms with E-state index in [-0.39, 0.29) is 31.6 Å². The van der Waals surface area contributed by atoms with Crippen LogP contribution in [0.25, 0.3) is 0 Å². The third kappa shape index (κ3) is 4.85. The molecular formula is C10H17F2NO3. The van der Waals surface area contributed by atoms with E-state index >= 15 is 0 Å². The average Bonchev–Trinajstić information content (AvgIpc) is 3.04. The number of alkyl halides is 2. The minimum absolute atomic E-state index is 0.0117. The maximum atomic E-state index is 11.7. The third-order valence-corrected chi connectivity index (χ3v) is 2.35. The van der Waals surface area contributed by atoms with Crippen LogP contribution in [0.4, 0.5) is 8.78 Å². The molecule has 6 heteroatoms. The van der Waals surface area contributed by atoms with Gasteiger partial charge in [0.25, 0.3) is 6.43 Å². The highest BCUT2D eigenvalue weighted by atomic mass is 19.3. The molecule has 4 nitrogen and oxygen atoms in total. The highest BCUT2D eigenvalue weighted by molar-refractivity contribution is 5.77. The van der Waals surface area contributed by atoms with Crippen LogP contribution >= 0.6 is 0 Å². The molecule has 1 saturated carbocycles. The summed E-state index contributed by atoms with van der Waals surface area (Å²) >= 11 is 0. The summed E-state index contributed by atoms with van der Waals surface area (Å²) in [7, 11) is 0. The highest BCUT2D eigenvalue weighted by Gasteiger charge is 2.31. The van der Waals surface area contributed by atoms with Gasteiger partial charge in [-0.15, -0.1) is 0 Å². The molecule has 1 aliphatic rings. The lowest BCUT2D eigenvalue weighted by Gasteiger charge is -2.21. The van der Waals surface area contributed by atoms with Crippen molar-refractivity contribution < 1.29 is 23.4 Å². The first-order valence-electron chi connectivity index (χ1n) is 5.41. The summed E-state index contributed by atoms with van der Waals surface area (Å²) in [5, 5.41) is 8.78. The molecule has 0 aromatic heterocycles. The van der Waals surface area contributed by atoms with Gasteiger partial charge in [-0.2, -0.15) is 0 Å². The number of rotatable bonds is 8. The lowest BCUT2D eigenvalue weighted by molar-refractivity contribution is -0.133. The van der Waals surface area contributed by atoms with Gasteiger partial charge < -0.3 is 14.7 Å². The zero-order valence-electron chi connectivity index (χ0n) is 9.07. The minimum Gasteiger partial charge on any atom is -0.395 e. The number of carbonyl (C=O) groups excluding carboxylic acids is 1. The zero-order valence-corrected chi connectivity index (χ0v) is 9.07. The molecule has 0 unspecified atom stereocenters. The van der Waals surface area contributed by atoms with E-state index < -0.39 is 13.0 Å². The summed E-state index contributed by atoms with van der Waals surface area (Å²) in [6.45, 7) is -0.368. The molecule has 0 atom stereocenters. The standard InChI is InChI=1S/C10H17F2NO3/c11-9(12)7-16-6-3-10(15)13(4-5-14)8-1-2-8/h8-9,14H,1-7H2. The van der Waals surface area contributed by atoms with Crippen LogP contribution < -0.4 is 0 Å². The number of hydrogen-bond acceptors (Lipinski definition) is 3. The van der Waals surface area contributed by atoms with Crippen LogP contribution in [0.15, 0.2) is 0 Å². The Morgan fingerprint density at radius 2 is 2.19 bits per heavy atom. The number of ether oxygens (including phenoxy) is 1. The smallest absolute Gasteiger partial charge is 0.261 e. The number of amides is 1. The van der Waals surface area contributed by atoms with Crippen molar-refractivity contribution in [3.63, 3.8) is 0 Å². The summed E-state index contributed by atoms with van der Waals surface area (Å²) in [6.07, 6.45) is -0.469. The second-order valence-corrected chi connectivity index (χ2v) is 3.76. The fourth-order valence-corrected chi connectivity index (χ4v) is 1.48. The Hall–Kier alpha value is -0.750. The van der Waals surface area contributed by atoms with Gasteiger partial charge in [-0.3, -0.25) is 4.79 Å². The van der Waals surface area contributed by atoms with Crippen LogP contribution in [0.5, 0.6) is 0 Å². The van der Waals surface area contributed by atoms with Gasteiger partial charge in [0.2, 0.25) is 5.91 Å². The minimum atomic E-state index is -2.49. The molecule has 0 saturated heterocycles. The van der Waals surface area contributed by atoms with Crippen LogP contribution in [0, 0.1) is 0 Å². The normalized spacial score (nSPS) is 15.5. The summed E-state index contributed by atoms with van der Waals surface area (Å²) in [4.78, 5) is 13.2. The number of hydrogen-bond donors (Lipinski definition) is 1. The van der Waals surface area contributed by atoms with Crippen molar-refractivity contribution in [2.75, 3.05) is 26.4 Å². The van der Waals surface area contributed by atoms with Gasteiger partial charge in [-0.25, -0.2) is 8.78 Å². The monoisotopic (exact) mass is 237 g/mol. The molecule has 1 rings (SSSR count).